The minimum absolute atomic E-state index is 0.0386. The number of hydrogen-bond acceptors (Lipinski definition) is 10. The van der Waals surface area contributed by atoms with Crippen molar-refractivity contribution in [2.24, 2.45) is 0 Å². The van der Waals surface area contributed by atoms with E-state index in [-0.39, 0.29) is 43.0 Å². The van der Waals surface area contributed by atoms with Crippen molar-refractivity contribution in [3.63, 3.8) is 0 Å². The summed E-state index contributed by atoms with van der Waals surface area (Å²) < 4.78 is 45.8. The molecule has 45 heavy (non-hydrogen) atoms. The first-order valence-electron chi connectivity index (χ1n) is 15.1. The number of ether oxygens (including phenoxy) is 8. The van der Waals surface area contributed by atoms with Crippen LogP contribution in [-0.2, 0) is 43.4 Å². The van der Waals surface area contributed by atoms with E-state index >= 15 is 0 Å². The summed E-state index contributed by atoms with van der Waals surface area (Å²) in [5, 5.41) is 0. The average Bonchev–Trinajstić information content (AvgIpc) is 3.00. The molecule has 0 aliphatic heterocycles. The van der Waals surface area contributed by atoms with Crippen molar-refractivity contribution in [2.75, 3.05) is 33.0 Å². The van der Waals surface area contributed by atoms with Gasteiger partial charge in [0, 0.05) is 43.0 Å². The fraction of sp³-hybridized carbons (Fsp3) is 0.486. The summed E-state index contributed by atoms with van der Waals surface area (Å²) >= 11 is 0. The van der Waals surface area contributed by atoms with Gasteiger partial charge in [0.05, 0.1) is 0 Å². The monoisotopic (exact) mass is 628 g/mol. The molecule has 0 amide bonds. The van der Waals surface area contributed by atoms with E-state index in [0.29, 0.717) is 18.1 Å². The minimum atomic E-state index is -1.78. The smallest absolute Gasteiger partial charge is 0.362 e. The van der Waals surface area contributed by atoms with Crippen LogP contribution in [-0.4, -0.2) is 63.5 Å². The van der Waals surface area contributed by atoms with Gasteiger partial charge in [-0.15, -0.1) is 0 Å². The summed E-state index contributed by atoms with van der Waals surface area (Å²) in [5.74, 6) is -1.97. The standard InChI is InChI=1S/C35H48O10/c1-11-38-30(44-31(36)24(5)6)23-39-28-19-15-26(16-20-28)34(9,10)27-17-21-29(22-18-27)43-33(45-32(37)25(7)8)35(40-12-2,41-13-3)42-14-4/h15-22,30,33H,5,7,11-14,23H2,1-4,6,8-10H3. The van der Waals surface area contributed by atoms with Crippen LogP contribution in [0.2, 0.25) is 0 Å². The summed E-state index contributed by atoms with van der Waals surface area (Å²) in [6.45, 7) is 22.8. The Morgan fingerprint density at radius 3 is 1.56 bits per heavy atom. The molecule has 0 spiro atoms. The first kappa shape index (κ1) is 37.5. The van der Waals surface area contributed by atoms with E-state index in [1.165, 1.54) is 6.92 Å². The lowest BCUT2D eigenvalue weighted by molar-refractivity contribution is -0.436. The van der Waals surface area contributed by atoms with Crippen LogP contribution in [0.25, 0.3) is 0 Å². The highest BCUT2D eigenvalue weighted by molar-refractivity contribution is 5.87. The fourth-order valence-electron chi connectivity index (χ4n) is 4.19. The molecule has 10 heteroatoms. The van der Waals surface area contributed by atoms with Gasteiger partial charge >= 0.3 is 24.2 Å². The number of carbonyl (C=O) groups excluding carboxylic acids is 2. The van der Waals surface area contributed by atoms with Gasteiger partial charge in [0.25, 0.3) is 0 Å². The van der Waals surface area contributed by atoms with Crippen molar-refractivity contribution in [3.8, 4) is 11.5 Å². The molecule has 2 rings (SSSR count). The number of rotatable bonds is 20. The molecule has 2 aromatic carbocycles. The Hall–Kier alpha value is -3.70. The average molecular weight is 629 g/mol. The summed E-state index contributed by atoms with van der Waals surface area (Å²) in [5.41, 5.74) is 2.13. The van der Waals surface area contributed by atoms with Gasteiger partial charge in [0.1, 0.15) is 11.5 Å². The van der Waals surface area contributed by atoms with Crippen LogP contribution in [0.15, 0.2) is 72.8 Å². The summed E-state index contributed by atoms with van der Waals surface area (Å²) in [4.78, 5) is 24.4. The van der Waals surface area contributed by atoms with Gasteiger partial charge in [0.2, 0.25) is 6.29 Å². The lowest BCUT2D eigenvalue weighted by Gasteiger charge is -2.37. The fourth-order valence-corrected chi connectivity index (χ4v) is 4.19. The molecule has 0 radical (unpaired) electrons. The van der Waals surface area contributed by atoms with Crippen molar-refractivity contribution < 1.29 is 47.5 Å². The highest BCUT2D eigenvalue weighted by atomic mass is 16.9. The molecular formula is C35H48O10. The summed E-state index contributed by atoms with van der Waals surface area (Å²) in [6, 6.07) is 15.1. The molecule has 10 nitrogen and oxygen atoms in total. The number of hydrogen-bond donors (Lipinski definition) is 0. The van der Waals surface area contributed by atoms with E-state index in [1.807, 2.05) is 43.3 Å². The van der Waals surface area contributed by atoms with Gasteiger partial charge in [-0.3, -0.25) is 0 Å². The SMILES string of the molecule is C=C(C)C(=O)OC(COc1ccc(C(C)(C)c2ccc(OC(OC(=O)C(=C)C)C(OCC)(OCC)OCC)cc2)cc1)OCC. The molecule has 0 N–H and O–H groups in total. The molecule has 0 heterocycles. The first-order valence-corrected chi connectivity index (χ1v) is 15.1. The lowest BCUT2D eigenvalue weighted by atomic mass is 9.78. The normalized spacial score (nSPS) is 13.0. The van der Waals surface area contributed by atoms with Gasteiger partial charge in [-0.25, -0.2) is 9.59 Å². The zero-order valence-electron chi connectivity index (χ0n) is 27.8. The van der Waals surface area contributed by atoms with E-state index in [9.17, 15) is 9.59 Å². The third-order valence-electron chi connectivity index (χ3n) is 6.61. The summed E-state index contributed by atoms with van der Waals surface area (Å²) in [7, 11) is 0. The molecule has 0 fully saturated rings. The van der Waals surface area contributed by atoms with Crippen molar-refractivity contribution in [1.82, 2.24) is 0 Å². The highest BCUT2D eigenvalue weighted by Crippen LogP contribution is 2.34. The Bertz CT molecular complexity index is 1230. The van der Waals surface area contributed by atoms with Gasteiger partial charge in [-0.2, -0.15) is 0 Å². The first-order chi connectivity index (χ1) is 21.3. The van der Waals surface area contributed by atoms with Crippen molar-refractivity contribution in [3.05, 3.63) is 84.0 Å². The zero-order valence-corrected chi connectivity index (χ0v) is 27.8. The number of carbonyl (C=O) groups is 2. The van der Waals surface area contributed by atoms with E-state index in [2.05, 4.69) is 27.0 Å². The summed E-state index contributed by atoms with van der Waals surface area (Å²) in [6.07, 6.45) is -2.22. The molecule has 0 saturated carbocycles. The zero-order chi connectivity index (χ0) is 33.6. The minimum Gasteiger partial charge on any atom is -0.487 e. The number of benzene rings is 2. The van der Waals surface area contributed by atoms with Crippen LogP contribution in [0.4, 0.5) is 0 Å². The van der Waals surface area contributed by atoms with Gasteiger partial charge < -0.3 is 37.9 Å². The van der Waals surface area contributed by atoms with Crippen LogP contribution in [0, 0.1) is 0 Å². The third-order valence-corrected chi connectivity index (χ3v) is 6.61. The van der Waals surface area contributed by atoms with Crippen molar-refractivity contribution >= 4 is 11.9 Å². The van der Waals surface area contributed by atoms with Gasteiger partial charge in [-0.05, 0) is 76.9 Å². The molecular weight excluding hydrogens is 580 g/mol. The van der Waals surface area contributed by atoms with Gasteiger partial charge in [-0.1, -0.05) is 51.3 Å². The van der Waals surface area contributed by atoms with E-state index < -0.39 is 30.5 Å². The molecule has 2 aromatic rings. The molecule has 0 aliphatic carbocycles. The second kappa shape index (κ2) is 17.7. The third kappa shape index (κ3) is 10.7. The van der Waals surface area contributed by atoms with Gasteiger partial charge in [0.15, 0.2) is 6.61 Å². The second-order valence-corrected chi connectivity index (χ2v) is 10.6. The number of esters is 2. The maximum Gasteiger partial charge on any atom is 0.362 e. The van der Waals surface area contributed by atoms with E-state index in [4.69, 9.17) is 37.9 Å². The maximum absolute atomic E-state index is 12.5. The van der Waals surface area contributed by atoms with E-state index in [0.717, 1.165) is 11.1 Å². The molecule has 2 unspecified atom stereocenters. The van der Waals surface area contributed by atoms with Crippen molar-refractivity contribution in [2.45, 2.75) is 79.4 Å². The van der Waals surface area contributed by atoms with Crippen LogP contribution >= 0.6 is 0 Å². The van der Waals surface area contributed by atoms with Crippen LogP contribution in [0.1, 0.15) is 66.5 Å². The van der Waals surface area contributed by atoms with Crippen LogP contribution in [0.3, 0.4) is 0 Å². The molecule has 0 saturated heterocycles. The Kier molecular flexibility index (Phi) is 14.7. The molecule has 248 valence electrons. The quantitative estimate of drug-likeness (QED) is 0.0921. The molecule has 2 atom stereocenters. The Morgan fingerprint density at radius 2 is 1.13 bits per heavy atom. The van der Waals surface area contributed by atoms with Crippen molar-refractivity contribution in [1.29, 1.82) is 0 Å². The molecule has 0 aliphatic rings. The van der Waals surface area contributed by atoms with Crippen LogP contribution in [0.5, 0.6) is 11.5 Å². The lowest BCUT2D eigenvalue weighted by Crippen LogP contribution is -2.54. The second-order valence-electron chi connectivity index (χ2n) is 10.6. The molecule has 0 aromatic heterocycles. The maximum atomic E-state index is 12.5. The topological polar surface area (TPSA) is 108 Å². The Balaban J connectivity index is 2.23. The predicted octanol–water partition coefficient (Wildman–Crippen LogP) is 6.46. The molecule has 0 bridgehead atoms. The highest BCUT2D eigenvalue weighted by Gasteiger charge is 2.48. The van der Waals surface area contributed by atoms with E-state index in [1.54, 1.807) is 39.8 Å². The van der Waals surface area contributed by atoms with Crippen LogP contribution < -0.4 is 9.47 Å². The Morgan fingerprint density at radius 1 is 0.689 bits per heavy atom. The largest absolute Gasteiger partial charge is 0.487 e. The Labute approximate surface area is 267 Å². The predicted molar refractivity (Wildman–Crippen MR) is 170 cm³/mol.